The number of hydrogen-bond acceptors (Lipinski definition) is 5. The second-order valence-electron chi connectivity index (χ2n) is 8.64. The number of carbonyl (C=O) groups is 1. The third-order valence-electron chi connectivity index (χ3n) is 6.09. The molecule has 3 heterocycles. The number of hydrogen-bond donors (Lipinski definition) is 1. The maximum Gasteiger partial charge on any atom is 0.227 e. The fourth-order valence-electron chi connectivity index (χ4n) is 4.21. The molecule has 2 aromatic heterocycles. The number of anilines is 2. The smallest absolute Gasteiger partial charge is 0.227 e. The van der Waals surface area contributed by atoms with Crippen LogP contribution in [0.25, 0.3) is 5.82 Å². The second kappa shape index (κ2) is 9.94. The number of unbranched alkanes of at least 4 members (excludes halogenated alkanes) is 1. The zero-order chi connectivity index (χ0) is 22.5. The van der Waals surface area contributed by atoms with E-state index in [1.54, 1.807) is 4.68 Å². The number of piperidine rings is 1. The lowest BCUT2D eigenvalue weighted by molar-refractivity contribution is -0.120. The van der Waals surface area contributed by atoms with E-state index in [2.05, 4.69) is 44.6 Å². The van der Waals surface area contributed by atoms with Gasteiger partial charge in [-0.05, 0) is 75.4 Å². The molecule has 0 unspecified atom stereocenters. The van der Waals surface area contributed by atoms with Crippen molar-refractivity contribution in [1.29, 1.82) is 0 Å². The minimum absolute atomic E-state index is 0.0212. The summed E-state index contributed by atoms with van der Waals surface area (Å²) in [7, 11) is 0. The molecule has 1 aromatic carbocycles. The molecule has 7 heteroatoms. The second-order valence-corrected chi connectivity index (χ2v) is 8.64. The summed E-state index contributed by atoms with van der Waals surface area (Å²) in [6.45, 7) is 7.76. The molecule has 168 valence electrons. The number of amides is 1. The van der Waals surface area contributed by atoms with Crippen LogP contribution in [0.4, 0.5) is 11.5 Å². The van der Waals surface area contributed by atoms with Gasteiger partial charge in [0.1, 0.15) is 0 Å². The van der Waals surface area contributed by atoms with Crippen LogP contribution in [0.1, 0.15) is 49.6 Å². The highest BCUT2D eigenvalue weighted by Gasteiger charge is 2.26. The van der Waals surface area contributed by atoms with Crippen molar-refractivity contribution in [2.45, 2.75) is 52.9 Å². The third-order valence-corrected chi connectivity index (χ3v) is 6.09. The van der Waals surface area contributed by atoms with E-state index in [-0.39, 0.29) is 11.8 Å². The van der Waals surface area contributed by atoms with E-state index >= 15 is 0 Å². The van der Waals surface area contributed by atoms with Gasteiger partial charge in [-0.1, -0.05) is 25.5 Å². The Morgan fingerprint density at radius 1 is 1.03 bits per heavy atom. The van der Waals surface area contributed by atoms with Gasteiger partial charge < -0.3 is 10.2 Å². The van der Waals surface area contributed by atoms with Crippen LogP contribution in [-0.2, 0) is 11.2 Å². The highest BCUT2D eigenvalue weighted by Crippen LogP contribution is 2.23. The van der Waals surface area contributed by atoms with Crippen molar-refractivity contribution in [1.82, 2.24) is 20.0 Å². The summed E-state index contributed by atoms with van der Waals surface area (Å²) < 4.78 is 1.80. The van der Waals surface area contributed by atoms with Crippen LogP contribution >= 0.6 is 0 Å². The summed E-state index contributed by atoms with van der Waals surface area (Å²) in [5.74, 6) is 1.69. The Hall–Kier alpha value is -3.22. The van der Waals surface area contributed by atoms with E-state index in [9.17, 15) is 4.79 Å². The van der Waals surface area contributed by atoms with Gasteiger partial charge in [0.15, 0.2) is 11.6 Å². The highest BCUT2D eigenvalue weighted by molar-refractivity contribution is 5.92. The van der Waals surface area contributed by atoms with Crippen LogP contribution in [0.5, 0.6) is 0 Å². The number of rotatable bonds is 7. The SMILES string of the molecule is CCCCc1ccc(NC(=O)C2CCN(c3ccc(-n4nc(C)cc4C)nn3)CC2)cc1. The van der Waals surface area contributed by atoms with Gasteiger partial charge in [0.2, 0.25) is 5.91 Å². The largest absolute Gasteiger partial charge is 0.355 e. The summed E-state index contributed by atoms with van der Waals surface area (Å²) in [5, 5.41) is 16.3. The molecule has 1 N–H and O–H groups in total. The van der Waals surface area contributed by atoms with Crippen molar-refractivity contribution in [2.75, 3.05) is 23.3 Å². The lowest BCUT2D eigenvalue weighted by atomic mass is 9.95. The summed E-state index contributed by atoms with van der Waals surface area (Å²) in [5.41, 5.74) is 4.19. The molecule has 0 saturated carbocycles. The number of nitrogens with one attached hydrogen (secondary N) is 1. The Labute approximate surface area is 189 Å². The van der Waals surface area contributed by atoms with Crippen LogP contribution in [-0.4, -0.2) is 39.0 Å². The number of nitrogens with zero attached hydrogens (tertiary/aromatic N) is 5. The van der Waals surface area contributed by atoms with Crippen molar-refractivity contribution in [3.63, 3.8) is 0 Å². The van der Waals surface area contributed by atoms with E-state index < -0.39 is 0 Å². The van der Waals surface area contributed by atoms with Gasteiger partial charge in [0.05, 0.1) is 5.69 Å². The molecular formula is C25H32N6O. The Bertz CT molecular complexity index is 1030. The first-order valence-corrected chi connectivity index (χ1v) is 11.6. The minimum atomic E-state index is 0.0212. The van der Waals surface area contributed by atoms with Crippen LogP contribution in [0.3, 0.4) is 0 Å². The minimum Gasteiger partial charge on any atom is -0.355 e. The van der Waals surface area contributed by atoms with Gasteiger partial charge in [0.25, 0.3) is 0 Å². The molecule has 0 bridgehead atoms. The Kier molecular flexibility index (Phi) is 6.83. The molecule has 0 spiro atoms. The van der Waals surface area contributed by atoms with Gasteiger partial charge in [-0.15, -0.1) is 10.2 Å². The highest BCUT2D eigenvalue weighted by atomic mass is 16.1. The number of aryl methyl sites for hydroxylation is 3. The lowest BCUT2D eigenvalue weighted by Crippen LogP contribution is -2.38. The van der Waals surface area contributed by atoms with Gasteiger partial charge >= 0.3 is 0 Å². The molecule has 1 fully saturated rings. The molecule has 1 amide bonds. The van der Waals surface area contributed by atoms with Gasteiger partial charge in [-0.25, -0.2) is 4.68 Å². The quantitative estimate of drug-likeness (QED) is 0.596. The van der Waals surface area contributed by atoms with Crippen LogP contribution in [0, 0.1) is 19.8 Å². The van der Waals surface area contributed by atoms with Crippen LogP contribution < -0.4 is 10.2 Å². The van der Waals surface area contributed by atoms with E-state index in [0.29, 0.717) is 5.82 Å². The Balaban J connectivity index is 1.30. The standard InChI is InChI=1S/C25H32N6O/c1-4-5-6-20-7-9-22(10-8-20)26-25(32)21-13-15-30(16-14-21)23-11-12-24(28-27-23)31-19(3)17-18(2)29-31/h7-12,17,21H,4-6,13-16H2,1-3H3,(H,26,32). The number of aromatic nitrogens is 4. The predicted molar refractivity (Wildman–Crippen MR) is 127 cm³/mol. The van der Waals surface area contributed by atoms with Crippen LogP contribution in [0.2, 0.25) is 0 Å². The normalized spacial score (nSPS) is 14.5. The fraction of sp³-hybridized carbons (Fsp3) is 0.440. The average molecular weight is 433 g/mol. The summed E-state index contributed by atoms with van der Waals surface area (Å²) in [6.07, 6.45) is 5.09. The van der Waals surface area contributed by atoms with Crippen molar-refractivity contribution >= 4 is 17.4 Å². The Morgan fingerprint density at radius 3 is 2.31 bits per heavy atom. The predicted octanol–water partition coefficient (Wildman–Crippen LogP) is 4.48. The first kappa shape index (κ1) is 22.0. The van der Waals surface area contributed by atoms with Gasteiger partial charge in [0, 0.05) is 30.4 Å². The number of carbonyl (C=O) groups excluding carboxylic acids is 1. The van der Waals surface area contributed by atoms with E-state index in [1.807, 2.05) is 44.2 Å². The summed E-state index contributed by atoms with van der Waals surface area (Å²) in [6, 6.07) is 14.2. The maximum atomic E-state index is 12.7. The summed E-state index contributed by atoms with van der Waals surface area (Å²) in [4.78, 5) is 14.9. The van der Waals surface area contributed by atoms with Crippen molar-refractivity contribution in [3.8, 4) is 5.82 Å². The molecule has 4 rings (SSSR count). The van der Waals surface area contributed by atoms with Gasteiger partial charge in [-0.2, -0.15) is 5.10 Å². The molecule has 1 aliphatic rings. The topological polar surface area (TPSA) is 75.9 Å². The molecule has 0 radical (unpaired) electrons. The Morgan fingerprint density at radius 2 is 1.72 bits per heavy atom. The lowest BCUT2D eigenvalue weighted by Gasteiger charge is -2.31. The first-order valence-electron chi connectivity index (χ1n) is 11.6. The zero-order valence-electron chi connectivity index (χ0n) is 19.2. The first-order chi connectivity index (χ1) is 15.5. The summed E-state index contributed by atoms with van der Waals surface area (Å²) >= 11 is 0. The average Bonchev–Trinajstić information content (AvgIpc) is 3.16. The van der Waals surface area contributed by atoms with Crippen LogP contribution in [0.15, 0.2) is 42.5 Å². The fourth-order valence-corrected chi connectivity index (χ4v) is 4.21. The molecular weight excluding hydrogens is 400 g/mol. The maximum absolute atomic E-state index is 12.7. The molecule has 1 aliphatic heterocycles. The molecule has 3 aromatic rings. The van der Waals surface area contributed by atoms with Crippen molar-refractivity contribution < 1.29 is 4.79 Å². The molecule has 1 saturated heterocycles. The van der Waals surface area contributed by atoms with E-state index in [1.165, 1.54) is 18.4 Å². The molecule has 32 heavy (non-hydrogen) atoms. The number of benzene rings is 1. The molecule has 7 nitrogen and oxygen atoms in total. The monoisotopic (exact) mass is 432 g/mol. The van der Waals surface area contributed by atoms with Gasteiger partial charge in [-0.3, -0.25) is 4.79 Å². The third kappa shape index (κ3) is 5.15. The molecule has 0 atom stereocenters. The van der Waals surface area contributed by atoms with E-state index in [4.69, 9.17) is 0 Å². The van der Waals surface area contributed by atoms with Crippen molar-refractivity contribution in [2.24, 2.45) is 5.92 Å². The zero-order valence-corrected chi connectivity index (χ0v) is 19.2. The molecule has 0 aliphatic carbocycles. The van der Waals surface area contributed by atoms with E-state index in [0.717, 1.165) is 55.2 Å². The van der Waals surface area contributed by atoms with Crippen molar-refractivity contribution in [3.05, 3.63) is 59.4 Å².